The van der Waals surface area contributed by atoms with Crippen molar-refractivity contribution in [3.63, 3.8) is 0 Å². The molecule has 0 spiro atoms. The van der Waals surface area contributed by atoms with Gasteiger partial charge >= 0.3 is 0 Å². The average Bonchev–Trinajstić information content (AvgIpc) is 2.01. The summed E-state index contributed by atoms with van der Waals surface area (Å²) in [7, 11) is 0.0376. The van der Waals surface area contributed by atoms with E-state index in [4.69, 9.17) is 5.26 Å². The lowest BCUT2D eigenvalue weighted by Gasteiger charge is -2.35. The Labute approximate surface area is 82.0 Å². The van der Waals surface area contributed by atoms with Gasteiger partial charge in [-0.25, -0.2) is 4.67 Å². The van der Waals surface area contributed by atoms with Crippen molar-refractivity contribution in [2.75, 3.05) is 0 Å². The molecule has 0 unspecified atom stereocenters. The highest BCUT2D eigenvalue weighted by Gasteiger charge is 2.28. The molecule has 0 radical (unpaired) electrons. The van der Waals surface area contributed by atoms with Crippen LogP contribution in [0.25, 0.3) is 0 Å². The maximum Gasteiger partial charge on any atom is 0.249 e. The minimum Gasteiger partial charge on any atom is -0.256 e. The Kier molecular flexibility index (Phi) is 5.13. The highest BCUT2D eigenvalue weighted by molar-refractivity contribution is 7.20. The molecule has 0 aromatic rings. The number of nitriles is 1. The van der Waals surface area contributed by atoms with Gasteiger partial charge in [0.1, 0.15) is 0 Å². The fourth-order valence-electron chi connectivity index (χ4n) is 1.38. The third-order valence-corrected chi connectivity index (χ3v) is 3.23. The molecule has 74 valence electrons. The van der Waals surface area contributed by atoms with Crippen LogP contribution in [0.1, 0.15) is 40.5 Å². The van der Waals surface area contributed by atoms with Crippen molar-refractivity contribution in [3.8, 4) is 6.07 Å². The SMILES string of the molecule is CC(C)N(P=O)C(C)(C)CCC#N. The van der Waals surface area contributed by atoms with Gasteiger partial charge in [0, 0.05) is 18.0 Å². The highest BCUT2D eigenvalue weighted by Crippen LogP contribution is 2.28. The largest absolute Gasteiger partial charge is 0.256 e. The van der Waals surface area contributed by atoms with Crippen molar-refractivity contribution in [3.05, 3.63) is 0 Å². The van der Waals surface area contributed by atoms with E-state index in [9.17, 15) is 4.57 Å². The average molecular weight is 200 g/mol. The van der Waals surface area contributed by atoms with Gasteiger partial charge < -0.3 is 0 Å². The molecule has 0 aromatic heterocycles. The molecule has 13 heavy (non-hydrogen) atoms. The van der Waals surface area contributed by atoms with E-state index in [1.54, 1.807) is 0 Å². The summed E-state index contributed by atoms with van der Waals surface area (Å²) >= 11 is 0. The molecule has 0 N–H and O–H groups in total. The highest BCUT2D eigenvalue weighted by atomic mass is 31.1. The minimum absolute atomic E-state index is 0.0376. The third kappa shape index (κ3) is 3.85. The van der Waals surface area contributed by atoms with Crippen molar-refractivity contribution in [1.82, 2.24) is 4.67 Å². The molecule has 0 amide bonds. The molecule has 0 heterocycles. The van der Waals surface area contributed by atoms with Crippen molar-refractivity contribution in [2.24, 2.45) is 0 Å². The van der Waals surface area contributed by atoms with E-state index in [2.05, 4.69) is 6.07 Å². The van der Waals surface area contributed by atoms with Crippen LogP contribution >= 0.6 is 8.61 Å². The van der Waals surface area contributed by atoms with Gasteiger partial charge in [0.15, 0.2) is 0 Å². The van der Waals surface area contributed by atoms with E-state index in [1.807, 2.05) is 32.4 Å². The van der Waals surface area contributed by atoms with E-state index in [1.165, 1.54) is 0 Å². The number of nitrogens with zero attached hydrogens (tertiary/aromatic N) is 2. The monoisotopic (exact) mass is 200 g/mol. The predicted octanol–water partition coefficient (Wildman–Crippen LogP) is 2.99. The van der Waals surface area contributed by atoms with Gasteiger partial charge in [-0.2, -0.15) is 5.26 Å². The van der Waals surface area contributed by atoms with E-state index in [-0.39, 0.29) is 20.2 Å². The molecule has 0 aliphatic carbocycles. The van der Waals surface area contributed by atoms with Crippen LogP contribution < -0.4 is 0 Å². The summed E-state index contributed by atoms with van der Waals surface area (Å²) in [5.74, 6) is 0. The van der Waals surface area contributed by atoms with E-state index >= 15 is 0 Å². The minimum atomic E-state index is -0.173. The molecule has 0 aliphatic rings. The zero-order valence-corrected chi connectivity index (χ0v) is 9.64. The first-order chi connectivity index (χ1) is 5.95. The van der Waals surface area contributed by atoms with Crippen LogP contribution in [0.15, 0.2) is 0 Å². The van der Waals surface area contributed by atoms with Gasteiger partial charge in [-0.15, -0.1) is 0 Å². The first kappa shape index (κ1) is 12.6. The molecular weight excluding hydrogens is 183 g/mol. The summed E-state index contributed by atoms with van der Waals surface area (Å²) in [6.07, 6.45) is 1.25. The van der Waals surface area contributed by atoms with Crippen molar-refractivity contribution < 1.29 is 4.57 Å². The molecule has 0 rings (SSSR count). The second kappa shape index (κ2) is 5.32. The molecule has 0 aliphatic heterocycles. The van der Waals surface area contributed by atoms with Gasteiger partial charge in [-0.1, -0.05) is 0 Å². The predicted molar refractivity (Wildman–Crippen MR) is 53.5 cm³/mol. The second-order valence-corrected chi connectivity index (χ2v) is 4.58. The van der Waals surface area contributed by atoms with E-state index < -0.39 is 0 Å². The Morgan fingerprint density at radius 1 is 1.54 bits per heavy atom. The van der Waals surface area contributed by atoms with Crippen LogP contribution in [0, 0.1) is 11.3 Å². The number of hydrogen-bond donors (Lipinski definition) is 0. The maximum atomic E-state index is 10.9. The lowest BCUT2D eigenvalue weighted by atomic mass is 9.98. The van der Waals surface area contributed by atoms with Gasteiger partial charge in [-0.05, 0) is 34.1 Å². The summed E-state index contributed by atoms with van der Waals surface area (Å²) in [6.45, 7) is 8.02. The van der Waals surface area contributed by atoms with E-state index in [0.29, 0.717) is 6.42 Å². The maximum absolute atomic E-state index is 10.9. The Bertz CT molecular complexity index is 208. The molecular formula is C9H17N2OP. The Balaban J connectivity index is 4.39. The van der Waals surface area contributed by atoms with Crippen LogP contribution in [0.3, 0.4) is 0 Å². The molecule has 0 atom stereocenters. The van der Waals surface area contributed by atoms with E-state index in [0.717, 1.165) is 6.42 Å². The molecule has 3 nitrogen and oxygen atoms in total. The zero-order valence-electron chi connectivity index (χ0n) is 8.74. The summed E-state index contributed by atoms with van der Waals surface area (Å²) in [4.78, 5) is 0. The molecule has 0 fully saturated rings. The van der Waals surface area contributed by atoms with Gasteiger partial charge in [0.25, 0.3) is 0 Å². The first-order valence-corrected chi connectivity index (χ1v) is 5.21. The van der Waals surface area contributed by atoms with Gasteiger partial charge in [0.2, 0.25) is 8.61 Å². The Morgan fingerprint density at radius 2 is 2.08 bits per heavy atom. The van der Waals surface area contributed by atoms with Crippen molar-refractivity contribution in [2.45, 2.75) is 52.1 Å². The summed E-state index contributed by atoms with van der Waals surface area (Å²) < 4.78 is 12.7. The lowest BCUT2D eigenvalue weighted by molar-refractivity contribution is 0.188. The second-order valence-electron chi connectivity index (χ2n) is 3.99. The lowest BCUT2D eigenvalue weighted by Crippen LogP contribution is -2.41. The Hall–Kier alpha value is -0.450. The fraction of sp³-hybridized carbons (Fsp3) is 0.889. The molecule has 0 saturated carbocycles. The van der Waals surface area contributed by atoms with Crippen LogP contribution in [-0.2, 0) is 4.57 Å². The summed E-state index contributed by atoms with van der Waals surface area (Å²) in [5, 5.41) is 8.47. The third-order valence-electron chi connectivity index (χ3n) is 2.05. The fourth-order valence-corrected chi connectivity index (χ4v) is 1.89. The zero-order chi connectivity index (χ0) is 10.5. The number of rotatable bonds is 5. The quantitative estimate of drug-likeness (QED) is 0.641. The van der Waals surface area contributed by atoms with Crippen molar-refractivity contribution >= 4 is 8.61 Å². The Morgan fingerprint density at radius 3 is 2.38 bits per heavy atom. The van der Waals surface area contributed by atoms with Gasteiger partial charge in [-0.3, -0.25) is 4.57 Å². The standard InChI is InChI=1S/C9H17N2OP/c1-8(2)11(13-12)9(3,4)6-5-7-10/h8H,5-6H2,1-4H3. The van der Waals surface area contributed by atoms with Crippen LogP contribution in [0.4, 0.5) is 0 Å². The van der Waals surface area contributed by atoms with Crippen LogP contribution in [0.5, 0.6) is 0 Å². The first-order valence-electron chi connectivity index (χ1n) is 4.45. The summed E-state index contributed by atoms with van der Waals surface area (Å²) in [5.41, 5.74) is -0.173. The molecule has 4 heteroatoms. The summed E-state index contributed by atoms with van der Waals surface area (Å²) in [6, 6.07) is 2.34. The smallest absolute Gasteiger partial charge is 0.249 e. The number of hydrogen-bond acceptors (Lipinski definition) is 2. The van der Waals surface area contributed by atoms with Crippen molar-refractivity contribution in [1.29, 1.82) is 5.26 Å². The van der Waals surface area contributed by atoms with Crippen LogP contribution in [-0.4, -0.2) is 16.3 Å². The normalized spacial score (nSPS) is 12.4. The topological polar surface area (TPSA) is 44.1 Å². The van der Waals surface area contributed by atoms with Crippen LogP contribution in [0.2, 0.25) is 0 Å². The molecule has 0 saturated heterocycles. The molecule has 0 aromatic carbocycles. The van der Waals surface area contributed by atoms with Gasteiger partial charge in [0.05, 0.1) is 6.07 Å². The molecule has 0 bridgehead atoms.